The van der Waals surface area contributed by atoms with E-state index in [-0.39, 0.29) is 11.8 Å². The molecule has 3 aromatic rings. The topological polar surface area (TPSA) is 93.8 Å². The molecule has 0 bridgehead atoms. The summed E-state index contributed by atoms with van der Waals surface area (Å²) in [4.78, 5) is 31.2. The molecule has 3 heterocycles. The fourth-order valence-electron chi connectivity index (χ4n) is 3.92. The van der Waals surface area contributed by atoms with Crippen LogP contribution in [-0.2, 0) is 11.3 Å². The van der Waals surface area contributed by atoms with E-state index in [0.29, 0.717) is 31.5 Å². The number of rotatable bonds is 8. The molecule has 0 aliphatic carbocycles. The number of benzene rings is 1. The van der Waals surface area contributed by atoms with Gasteiger partial charge < -0.3 is 4.74 Å². The first-order valence-corrected chi connectivity index (χ1v) is 13.1. The van der Waals surface area contributed by atoms with Crippen molar-refractivity contribution in [3.63, 3.8) is 0 Å². The molecular weight excluding hydrogens is 512 g/mol. The summed E-state index contributed by atoms with van der Waals surface area (Å²) >= 11 is 7.14. The first-order chi connectivity index (χ1) is 17.7. The average molecular weight is 543 g/mol. The highest BCUT2D eigenvalue weighted by Gasteiger charge is 2.22. The first-order valence-electron chi connectivity index (χ1n) is 11.9. The normalized spacial score (nSPS) is 15.2. The molecule has 0 unspecified atom stereocenters. The molecule has 1 fully saturated rings. The largest absolute Gasteiger partial charge is 0.379 e. The lowest BCUT2D eigenvalue weighted by atomic mass is 10.1. The van der Waals surface area contributed by atoms with Crippen molar-refractivity contribution < 1.29 is 14.3 Å². The molecule has 4 rings (SSSR count). The zero-order valence-electron chi connectivity index (χ0n) is 21.4. The summed E-state index contributed by atoms with van der Waals surface area (Å²) in [5, 5.41) is 10.3. The lowest BCUT2D eigenvalue weighted by Gasteiger charge is -2.26. The number of fused-ring (bicyclic) bond motifs is 1. The number of hydrogen-bond donors (Lipinski definition) is 2. The van der Waals surface area contributed by atoms with Gasteiger partial charge in [-0.1, -0.05) is 23.7 Å². The Bertz CT molecular complexity index is 1340. The SMILES string of the molecule is C/C(Cl)=C\C=C(/C)N(C)NC(=O)c1cc2c(N(C)C(=O)c3cccc(CN4CCOCC4)c3)[nH]nc2s1. The summed E-state index contributed by atoms with van der Waals surface area (Å²) in [5.41, 5.74) is 5.33. The molecule has 37 heavy (non-hydrogen) atoms. The van der Waals surface area contributed by atoms with Crippen LogP contribution in [0.25, 0.3) is 10.2 Å². The van der Waals surface area contributed by atoms with E-state index < -0.39 is 0 Å². The minimum Gasteiger partial charge on any atom is -0.379 e. The summed E-state index contributed by atoms with van der Waals surface area (Å²) in [6, 6.07) is 9.44. The second kappa shape index (κ2) is 11.9. The summed E-state index contributed by atoms with van der Waals surface area (Å²) in [5.74, 6) is 0.122. The smallest absolute Gasteiger partial charge is 0.279 e. The third kappa shape index (κ3) is 6.58. The summed E-state index contributed by atoms with van der Waals surface area (Å²) in [7, 11) is 3.46. The molecule has 0 radical (unpaired) electrons. The van der Waals surface area contributed by atoms with Crippen LogP contribution in [0.15, 0.2) is 53.2 Å². The van der Waals surface area contributed by atoms with Gasteiger partial charge in [-0.3, -0.25) is 34.9 Å². The van der Waals surface area contributed by atoms with E-state index in [1.54, 1.807) is 38.2 Å². The lowest BCUT2D eigenvalue weighted by Crippen LogP contribution is -2.37. The van der Waals surface area contributed by atoms with E-state index in [4.69, 9.17) is 16.3 Å². The van der Waals surface area contributed by atoms with Gasteiger partial charge in [0.2, 0.25) is 0 Å². The fourth-order valence-corrected chi connectivity index (χ4v) is 4.87. The summed E-state index contributed by atoms with van der Waals surface area (Å²) in [6.07, 6.45) is 3.58. The summed E-state index contributed by atoms with van der Waals surface area (Å²) in [6.45, 7) is 7.66. The van der Waals surface area contributed by atoms with Crippen molar-refractivity contribution in [2.75, 3.05) is 45.3 Å². The number of aromatic amines is 1. The number of allylic oxidation sites excluding steroid dienone is 4. The zero-order chi connectivity index (χ0) is 26.5. The number of carbonyl (C=O) groups is 2. The van der Waals surface area contributed by atoms with Crippen LogP contribution in [0.1, 0.15) is 39.4 Å². The minimum absolute atomic E-state index is 0.158. The second-order valence-corrected chi connectivity index (χ2v) is 10.5. The first kappa shape index (κ1) is 26.9. The van der Waals surface area contributed by atoms with Gasteiger partial charge in [0.05, 0.1) is 23.5 Å². The zero-order valence-corrected chi connectivity index (χ0v) is 22.9. The van der Waals surface area contributed by atoms with E-state index in [1.807, 2.05) is 37.3 Å². The number of anilines is 1. The number of aromatic nitrogens is 2. The molecule has 1 aliphatic rings. The number of hydrazine groups is 1. The fraction of sp³-hybridized carbons (Fsp3) is 0.346. The van der Waals surface area contributed by atoms with E-state index in [9.17, 15) is 9.59 Å². The number of amides is 2. The average Bonchev–Trinajstić information content (AvgIpc) is 3.48. The summed E-state index contributed by atoms with van der Waals surface area (Å²) < 4.78 is 5.42. The maximum Gasteiger partial charge on any atom is 0.279 e. The third-order valence-electron chi connectivity index (χ3n) is 6.13. The Morgan fingerprint density at radius 1 is 1.22 bits per heavy atom. The van der Waals surface area contributed by atoms with Crippen molar-refractivity contribution >= 4 is 50.8 Å². The van der Waals surface area contributed by atoms with Crippen molar-refractivity contribution in [3.8, 4) is 0 Å². The van der Waals surface area contributed by atoms with Gasteiger partial charge in [0.15, 0.2) is 0 Å². The van der Waals surface area contributed by atoms with E-state index in [1.165, 1.54) is 16.2 Å². The van der Waals surface area contributed by atoms with Crippen molar-refractivity contribution in [1.29, 1.82) is 0 Å². The Morgan fingerprint density at radius 2 is 1.97 bits per heavy atom. The van der Waals surface area contributed by atoms with Crippen LogP contribution in [0, 0.1) is 0 Å². The number of H-pyrrole nitrogens is 1. The molecule has 2 aromatic heterocycles. The monoisotopic (exact) mass is 542 g/mol. The highest BCUT2D eigenvalue weighted by Crippen LogP contribution is 2.31. The van der Waals surface area contributed by atoms with Crippen molar-refractivity contribution in [2.24, 2.45) is 0 Å². The number of carbonyl (C=O) groups excluding carboxylic acids is 2. The van der Waals surface area contributed by atoms with Crippen LogP contribution in [-0.4, -0.2) is 72.3 Å². The van der Waals surface area contributed by atoms with Gasteiger partial charge >= 0.3 is 0 Å². The van der Waals surface area contributed by atoms with Gasteiger partial charge in [-0.25, -0.2) is 0 Å². The molecule has 0 atom stereocenters. The van der Waals surface area contributed by atoms with Crippen molar-refractivity contribution in [2.45, 2.75) is 20.4 Å². The number of ether oxygens (including phenoxy) is 1. The number of thiophene rings is 1. The maximum absolute atomic E-state index is 13.3. The number of nitrogens with one attached hydrogen (secondary N) is 2. The quantitative estimate of drug-likeness (QED) is 0.324. The Kier molecular flexibility index (Phi) is 8.65. The van der Waals surface area contributed by atoms with Crippen molar-refractivity contribution in [1.82, 2.24) is 25.5 Å². The highest BCUT2D eigenvalue weighted by atomic mass is 35.5. The third-order valence-corrected chi connectivity index (χ3v) is 7.28. The van der Waals surface area contributed by atoms with Crippen LogP contribution in [0.2, 0.25) is 0 Å². The highest BCUT2D eigenvalue weighted by molar-refractivity contribution is 7.20. The van der Waals surface area contributed by atoms with E-state index >= 15 is 0 Å². The van der Waals surface area contributed by atoms with Gasteiger partial charge in [0.1, 0.15) is 10.6 Å². The Balaban J connectivity index is 1.47. The molecule has 1 aromatic carbocycles. The minimum atomic E-state index is -0.263. The molecule has 1 aliphatic heterocycles. The molecule has 1 saturated heterocycles. The van der Waals surface area contributed by atoms with Gasteiger partial charge in [-0.05, 0) is 49.8 Å². The predicted molar refractivity (Wildman–Crippen MR) is 148 cm³/mol. The van der Waals surface area contributed by atoms with Gasteiger partial charge in [-0.15, -0.1) is 11.3 Å². The van der Waals surface area contributed by atoms with E-state index in [0.717, 1.165) is 44.1 Å². The predicted octanol–water partition coefficient (Wildman–Crippen LogP) is 4.36. The number of hydrogen-bond acceptors (Lipinski definition) is 7. The van der Waals surface area contributed by atoms with Crippen LogP contribution in [0.4, 0.5) is 5.82 Å². The van der Waals surface area contributed by atoms with Crippen LogP contribution < -0.4 is 10.3 Å². The standard InChI is InChI=1S/C26H31ClN6O3S/c1-17(27)8-9-18(2)32(4)30-24(34)22-15-21-23(28-29-25(21)37-22)31(3)26(35)20-7-5-6-19(14-20)16-33-10-12-36-13-11-33/h5-9,14-15H,10-13,16H2,1-4H3,(H,28,29)(H,30,34)/b17-8+,18-9+. The molecule has 0 saturated carbocycles. The number of halogens is 1. The lowest BCUT2D eigenvalue weighted by molar-refractivity contribution is 0.0342. The Hall–Kier alpha value is -3.18. The van der Waals surface area contributed by atoms with Crippen molar-refractivity contribution in [3.05, 3.63) is 69.2 Å². The van der Waals surface area contributed by atoms with Gasteiger partial charge in [-0.2, -0.15) is 5.10 Å². The molecule has 9 nitrogen and oxygen atoms in total. The molecule has 2 amide bonds. The number of morpholine rings is 1. The molecule has 0 spiro atoms. The van der Waals surface area contributed by atoms with Crippen LogP contribution in [0.3, 0.4) is 0 Å². The Morgan fingerprint density at radius 3 is 2.70 bits per heavy atom. The van der Waals surface area contributed by atoms with Crippen LogP contribution >= 0.6 is 22.9 Å². The maximum atomic E-state index is 13.3. The van der Waals surface area contributed by atoms with E-state index in [2.05, 4.69) is 20.5 Å². The van der Waals surface area contributed by atoms with Crippen LogP contribution in [0.5, 0.6) is 0 Å². The molecular formula is C26H31ClN6O3S. The molecule has 2 N–H and O–H groups in total. The van der Waals surface area contributed by atoms with Gasteiger partial charge in [0.25, 0.3) is 11.8 Å². The molecule has 11 heteroatoms. The van der Waals surface area contributed by atoms with Gasteiger partial charge in [0, 0.05) is 50.0 Å². The molecule has 196 valence electrons. The number of nitrogens with zero attached hydrogens (tertiary/aromatic N) is 4. The second-order valence-electron chi connectivity index (χ2n) is 8.92. The Labute approximate surface area is 225 Å².